The molecule has 1 aromatic rings. The summed E-state index contributed by atoms with van der Waals surface area (Å²) in [4.78, 5) is 0. The van der Waals surface area contributed by atoms with Crippen molar-refractivity contribution < 1.29 is 13.5 Å². The molecular formula is C12H19N2O3S-. The van der Waals surface area contributed by atoms with Crippen LogP contribution in [0.4, 0.5) is 5.69 Å². The van der Waals surface area contributed by atoms with Crippen molar-refractivity contribution in [2.45, 2.75) is 25.7 Å². The molecule has 5 nitrogen and oxygen atoms in total. The summed E-state index contributed by atoms with van der Waals surface area (Å²) in [5.74, 6) is 0.746. The fraction of sp³-hybridized carbons (Fsp3) is 0.500. The van der Waals surface area contributed by atoms with Crippen molar-refractivity contribution in [3.63, 3.8) is 0 Å². The summed E-state index contributed by atoms with van der Waals surface area (Å²) in [6, 6.07) is 6.82. The van der Waals surface area contributed by atoms with Crippen LogP contribution in [0.5, 0.6) is 5.75 Å². The summed E-state index contributed by atoms with van der Waals surface area (Å²) in [7, 11) is 0. The van der Waals surface area contributed by atoms with Crippen LogP contribution in [0, 0.1) is 0 Å². The number of anilines is 1. The van der Waals surface area contributed by atoms with Gasteiger partial charge in [0.25, 0.3) is 0 Å². The lowest BCUT2D eigenvalue weighted by Gasteiger charge is -2.10. The quantitative estimate of drug-likeness (QED) is 0.529. The van der Waals surface area contributed by atoms with E-state index in [-0.39, 0.29) is 0 Å². The largest absolute Gasteiger partial charge is 0.755 e. The van der Waals surface area contributed by atoms with E-state index in [2.05, 4.69) is 4.72 Å². The van der Waals surface area contributed by atoms with Gasteiger partial charge in [-0.2, -0.15) is 0 Å². The lowest BCUT2D eigenvalue weighted by atomic mass is 10.2. The van der Waals surface area contributed by atoms with E-state index in [0.717, 1.165) is 38.0 Å². The molecular weight excluding hydrogens is 252 g/mol. The first kappa shape index (κ1) is 14.9. The Balaban J connectivity index is 2.20. The minimum absolute atomic E-state index is 0.527. The van der Waals surface area contributed by atoms with Gasteiger partial charge >= 0.3 is 0 Å². The van der Waals surface area contributed by atoms with Crippen molar-refractivity contribution in [1.82, 2.24) is 0 Å². The molecule has 1 unspecified atom stereocenters. The molecule has 0 aliphatic heterocycles. The second-order valence-electron chi connectivity index (χ2n) is 3.91. The zero-order chi connectivity index (χ0) is 13.2. The Labute approximate surface area is 110 Å². The highest BCUT2D eigenvalue weighted by atomic mass is 32.2. The maximum atomic E-state index is 10.4. The monoisotopic (exact) mass is 271 g/mol. The molecule has 0 aliphatic carbocycles. The van der Waals surface area contributed by atoms with Crippen molar-refractivity contribution in [2.24, 2.45) is 5.73 Å². The van der Waals surface area contributed by atoms with Gasteiger partial charge < -0.3 is 19.7 Å². The van der Waals surface area contributed by atoms with Crippen LogP contribution in [0.2, 0.25) is 0 Å². The van der Waals surface area contributed by atoms with Gasteiger partial charge in [-0.05, 0) is 43.7 Å². The van der Waals surface area contributed by atoms with Crippen LogP contribution in [0.25, 0.3) is 0 Å². The molecule has 0 aromatic heterocycles. The molecule has 0 aliphatic rings. The molecule has 0 radical (unpaired) electrons. The van der Waals surface area contributed by atoms with E-state index in [9.17, 15) is 8.76 Å². The van der Waals surface area contributed by atoms with E-state index in [1.807, 2.05) is 0 Å². The second-order valence-corrected chi connectivity index (χ2v) is 4.59. The highest BCUT2D eigenvalue weighted by Gasteiger charge is 1.95. The van der Waals surface area contributed by atoms with Gasteiger partial charge in [-0.3, -0.25) is 4.21 Å². The fourth-order valence-corrected chi connectivity index (χ4v) is 1.83. The average Bonchev–Trinajstić information content (AvgIpc) is 2.35. The Hall–Kier alpha value is -1.11. The van der Waals surface area contributed by atoms with Crippen LogP contribution < -0.4 is 15.2 Å². The van der Waals surface area contributed by atoms with Crippen molar-refractivity contribution in [3.05, 3.63) is 24.3 Å². The molecule has 0 spiro atoms. The van der Waals surface area contributed by atoms with E-state index >= 15 is 0 Å². The minimum atomic E-state index is -2.28. The average molecular weight is 271 g/mol. The number of nitrogens with two attached hydrogens (primary N) is 1. The van der Waals surface area contributed by atoms with E-state index in [1.165, 1.54) is 0 Å². The number of ether oxygens (including phenoxy) is 1. The minimum Gasteiger partial charge on any atom is -0.755 e. The van der Waals surface area contributed by atoms with E-state index in [4.69, 9.17) is 10.5 Å². The first-order chi connectivity index (χ1) is 8.72. The summed E-state index contributed by atoms with van der Waals surface area (Å²) in [5, 5.41) is 0. The SMILES string of the molecule is NCCCCCCOc1ccc(NS(=O)[O-])cc1. The summed E-state index contributed by atoms with van der Waals surface area (Å²) in [6.07, 6.45) is 4.32. The number of benzene rings is 1. The van der Waals surface area contributed by atoms with Gasteiger partial charge in [0.05, 0.1) is 6.61 Å². The molecule has 0 saturated heterocycles. The maximum absolute atomic E-state index is 10.4. The van der Waals surface area contributed by atoms with E-state index in [1.54, 1.807) is 24.3 Å². The Morgan fingerprint density at radius 3 is 2.44 bits per heavy atom. The van der Waals surface area contributed by atoms with Crippen molar-refractivity contribution in [2.75, 3.05) is 17.9 Å². The van der Waals surface area contributed by atoms with E-state index in [0.29, 0.717) is 12.3 Å². The van der Waals surface area contributed by atoms with Crippen LogP contribution >= 0.6 is 0 Å². The van der Waals surface area contributed by atoms with Crippen LogP contribution in [-0.2, 0) is 11.3 Å². The zero-order valence-electron chi connectivity index (χ0n) is 10.3. The normalized spacial score (nSPS) is 12.1. The number of hydrogen-bond acceptors (Lipinski definition) is 4. The third kappa shape index (κ3) is 6.58. The van der Waals surface area contributed by atoms with Crippen molar-refractivity contribution >= 4 is 17.0 Å². The summed E-state index contributed by atoms with van der Waals surface area (Å²) < 4.78 is 28.6. The van der Waals surface area contributed by atoms with Crippen molar-refractivity contribution in [1.29, 1.82) is 0 Å². The molecule has 1 atom stereocenters. The summed E-state index contributed by atoms with van der Waals surface area (Å²) >= 11 is -2.28. The molecule has 0 amide bonds. The van der Waals surface area contributed by atoms with Gasteiger partial charge in [-0.1, -0.05) is 12.8 Å². The van der Waals surface area contributed by atoms with E-state index < -0.39 is 11.3 Å². The van der Waals surface area contributed by atoms with Gasteiger partial charge in [0.2, 0.25) is 0 Å². The fourth-order valence-electron chi connectivity index (χ4n) is 1.51. The molecule has 6 heteroatoms. The lowest BCUT2D eigenvalue weighted by molar-refractivity contribution is 0.305. The molecule has 1 rings (SSSR count). The standard InChI is InChI=1S/C12H20N2O3S/c13-9-3-1-2-4-10-17-12-7-5-11(6-8-12)14-18(15)16/h5-8,14H,1-4,9-10,13H2,(H,15,16)/p-1. The Bertz CT molecular complexity index is 357. The molecule has 0 saturated carbocycles. The second kappa shape index (κ2) is 8.91. The summed E-state index contributed by atoms with van der Waals surface area (Å²) in [5.41, 5.74) is 5.93. The smallest absolute Gasteiger partial charge is 0.119 e. The maximum Gasteiger partial charge on any atom is 0.119 e. The van der Waals surface area contributed by atoms with Gasteiger partial charge in [0, 0.05) is 17.0 Å². The van der Waals surface area contributed by atoms with Crippen LogP contribution in [-0.4, -0.2) is 21.9 Å². The first-order valence-electron chi connectivity index (χ1n) is 6.01. The predicted molar refractivity (Wildman–Crippen MR) is 72.0 cm³/mol. The molecule has 1 aromatic carbocycles. The third-order valence-corrected chi connectivity index (χ3v) is 2.83. The summed E-state index contributed by atoms with van der Waals surface area (Å²) in [6.45, 7) is 1.42. The lowest BCUT2D eigenvalue weighted by Crippen LogP contribution is -2.02. The Morgan fingerprint density at radius 2 is 1.83 bits per heavy atom. The number of unbranched alkanes of at least 4 members (excludes halogenated alkanes) is 3. The van der Waals surface area contributed by atoms with Crippen LogP contribution in [0.1, 0.15) is 25.7 Å². The Kier molecular flexibility index (Phi) is 7.40. The van der Waals surface area contributed by atoms with Gasteiger partial charge in [-0.25, -0.2) is 0 Å². The zero-order valence-corrected chi connectivity index (χ0v) is 11.1. The highest BCUT2D eigenvalue weighted by molar-refractivity contribution is 7.80. The number of hydrogen-bond donors (Lipinski definition) is 2. The first-order valence-corrected chi connectivity index (χ1v) is 7.08. The van der Waals surface area contributed by atoms with Gasteiger partial charge in [0.15, 0.2) is 0 Å². The molecule has 0 bridgehead atoms. The highest BCUT2D eigenvalue weighted by Crippen LogP contribution is 2.16. The molecule has 0 heterocycles. The van der Waals surface area contributed by atoms with Crippen molar-refractivity contribution in [3.8, 4) is 5.75 Å². The molecule has 18 heavy (non-hydrogen) atoms. The Morgan fingerprint density at radius 1 is 1.17 bits per heavy atom. The molecule has 0 fully saturated rings. The van der Waals surface area contributed by atoms with Gasteiger partial charge in [0.1, 0.15) is 5.75 Å². The topological polar surface area (TPSA) is 87.4 Å². The molecule has 3 N–H and O–H groups in total. The predicted octanol–water partition coefficient (Wildman–Crippen LogP) is 1.79. The number of nitrogens with one attached hydrogen (secondary N) is 1. The number of rotatable bonds is 9. The molecule has 102 valence electrons. The third-order valence-electron chi connectivity index (χ3n) is 2.42. The van der Waals surface area contributed by atoms with Crippen LogP contribution in [0.15, 0.2) is 24.3 Å². The van der Waals surface area contributed by atoms with Crippen LogP contribution in [0.3, 0.4) is 0 Å². The van der Waals surface area contributed by atoms with Gasteiger partial charge in [-0.15, -0.1) is 0 Å².